The summed E-state index contributed by atoms with van der Waals surface area (Å²) in [6.45, 7) is 3.26. The zero-order valence-corrected chi connectivity index (χ0v) is 14.6. The Bertz CT molecular complexity index is 843. The minimum atomic E-state index is -0.180. The summed E-state index contributed by atoms with van der Waals surface area (Å²) in [5.41, 5.74) is 2.98. The average molecular weight is 337 g/mol. The maximum absolute atomic E-state index is 12.4. The number of benzene rings is 2. The largest absolute Gasteiger partial charge is 0.383 e. The molecule has 0 saturated heterocycles. The number of nitrogens with zero attached hydrogens (tertiary/aromatic N) is 2. The molecule has 3 rings (SSSR count). The monoisotopic (exact) mass is 337 g/mol. The summed E-state index contributed by atoms with van der Waals surface area (Å²) in [5, 5.41) is 3.06. The van der Waals surface area contributed by atoms with Gasteiger partial charge in [0, 0.05) is 13.7 Å². The lowest BCUT2D eigenvalue weighted by Gasteiger charge is -2.16. The second-order valence-corrected chi connectivity index (χ2v) is 6.05. The van der Waals surface area contributed by atoms with Crippen molar-refractivity contribution in [2.45, 2.75) is 25.9 Å². The third-order valence-electron chi connectivity index (χ3n) is 4.18. The summed E-state index contributed by atoms with van der Waals surface area (Å²) >= 11 is 0. The van der Waals surface area contributed by atoms with Crippen molar-refractivity contribution in [2.24, 2.45) is 0 Å². The van der Waals surface area contributed by atoms with Gasteiger partial charge in [0.1, 0.15) is 5.82 Å². The van der Waals surface area contributed by atoms with Gasteiger partial charge in [0.15, 0.2) is 0 Å². The molecule has 0 saturated carbocycles. The summed E-state index contributed by atoms with van der Waals surface area (Å²) in [6.07, 6.45) is 0.365. The molecule has 5 nitrogen and oxygen atoms in total. The van der Waals surface area contributed by atoms with Gasteiger partial charge in [-0.1, -0.05) is 42.5 Å². The molecule has 0 fully saturated rings. The van der Waals surface area contributed by atoms with Crippen molar-refractivity contribution in [1.29, 1.82) is 0 Å². The van der Waals surface area contributed by atoms with E-state index in [4.69, 9.17) is 9.72 Å². The Hall–Kier alpha value is -2.66. The van der Waals surface area contributed by atoms with Crippen LogP contribution in [0, 0.1) is 0 Å². The van der Waals surface area contributed by atoms with Gasteiger partial charge in [-0.05, 0) is 24.6 Å². The highest BCUT2D eigenvalue weighted by molar-refractivity contribution is 5.79. The number of nitrogens with one attached hydrogen (secondary N) is 1. The van der Waals surface area contributed by atoms with Crippen molar-refractivity contribution in [3.63, 3.8) is 0 Å². The Labute approximate surface area is 147 Å². The van der Waals surface area contributed by atoms with Crippen LogP contribution in [0.4, 0.5) is 0 Å². The third-order valence-corrected chi connectivity index (χ3v) is 4.18. The summed E-state index contributed by atoms with van der Waals surface area (Å²) in [7, 11) is 1.68. The number of carbonyl (C=O) groups excluding carboxylic acids is 1. The maximum atomic E-state index is 12.4. The summed E-state index contributed by atoms with van der Waals surface area (Å²) in [4.78, 5) is 17.1. The molecule has 1 unspecified atom stereocenters. The molecule has 0 spiro atoms. The molecule has 2 aromatic carbocycles. The number of para-hydroxylation sites is 2. The van der Waals surface area contributed by atoms with Gasteiger partial charge in [-0.25, -0.2) is 4.98 Å². The predicted molar refractivity (Wildman–Crippen MR) is 98.3 cm³/mol. The molecule has 0 aliphatic rings. The molecule has 0 aliphatic carbocycles. The molecular weight excluding hydrogens is 314 g/mol. The fraction of sp³-hybridized carbons (Fsp3) is 0.300. The second-order valence-electron chi connectivity index (χ2n) is 6.05. The van der Waals surface area contributed by atoms with Gasteiger partial charge in [-0.15, -0.1) is 0 Å². The molecule has 25 heavy (non-hydrogen) atoms. The Balaban J connectivity index is 1.78. The molecule has 3 aromatic rings. The van der Waals surface area contributed by atoms with Crippen LogP contribution in [0.1, 0.15) is 24.4 Å². The van der Waals surface area contributed by atoms with E-state index in [1.54, 1.807) is 7.11 Å². The van der Waals surface area contributed by atoms with Gasteiger partial charge in [0.25, 0.3) is 0 Å². The zero-order chi connectivity index (χ0) is 17.6. The van der Waals surface area contributed by atoms with Crippen LogP contribution in [0.15, 0.2) is 54.6 Å². The van der Waals surface area contributed by atoms with E-state index in [2.05, 4.69) is 9.88 Å². The van der Waals surface area contributed by atoms with Crippen LogP contribution in [0.2, 0.25) is 0 Å². The summed E-state index contributed by atoms with van der Waals surface area (Å²) in [6, 6.07) is 17.6. The molecule has 0 bridgehead atoms. The van der Waals surface area contributed by atoms with Crippen molar-refractivity contribution >= 4 is 16.9 Å². The SMILES string of the molecule is COCCn1c(C(C)NC(=O)Cc2ccccc2)nc2ccccc21. The van der Waals surface area contributed by atoms with Crippen molar-refractivity contribution in [3.8, 4) is 0 Å². The highest BCUT2D eigenvalue weighted by Gasteiger charge is 2.18. The van der Waals surface area contributed by atoms with E-state index < -0.39 is 0 Å². The van der Waals surface area contributed by atoms with Gasteiger partial charge >= 0.3 is 0 Å². The van der Waals surface area contributed by atoms with Crippen LogP contribution in [0.5, 0.6) is 0 Å². The van der Waals surface area contributed by atoms with Crippen molar-refractivity contribution < 1.29 is 9.53 Å². The number of hydrogen-bond donors (Lipinski definition) is 1. The normalized spacial score (nSPS) is 12.2. The van der Waals surface area contributed by atoms with Crippen LogP contribution in [0.3, 0.4) is 0 Å². The topological polar surface area (TPSA) is 56.1 Å². The molecule has 130 valence electrons. The third kappa shape index (κ3) is 4.06. The summed E-state index contributed by atoms with van der Waals surface area (Å²) < 4.78 is 7.34. The van der Waals surface area contributed by atoms with Crippen molar-refractivity contribution in [3.05, 3.63) is 66.0 Å². The molecule has 1 amide bonds. The first kappa shape index (κ1) is 17.2. The van der Waals surface area contributed by atoms with Crippen molar-refractivity contribution in [1.82, 2.24) is 14.9 Å². The van der Waals surface area contributed by atoms with E-state index in [1.807, 2.05) is 61.5 Å². The Kier molecular flexibility index (Phi) is 5.46. The lowest BCUT2D eigenvalue weighted by Crippen LogP contribution is -2.30. The molecule has 1 atom stereocenters. The molecule has 5 heteroatoms. The number of amides is 1. The van der Waals surface area contributed by atoms with E-state index in [-0.39, 0.29) is 11.9 Å². The lowest BCUT2D eigenvalue weighted by atomic mass is 10.1. The standard InChI is InChI=1S/C20H23N3O2/c1-15(21-19(24)14-16-8-4-3-5-9-16)20-22-17-10-6-7-11-18(17)23(20)12-13-25-2/h3-11,15H,12-14H2,1-2H3,(H,21,24). The number of ether oxygens (including phenoxy) is 1. The number of imidazole rings is 1. The molecule has 1 heterocycles. The van der Waals surface area contributed by atoms with Crippen LogP contribution in [0.25, 0.3) is 11.0 Å². The fourth-order valence-electron chi connectivity index (χ4n) is 2.98. The van der Waals surface area contributed by atoms with Gasteiger partial charge in [0.2, 0.25) is 5.91 Å². The van der Waals surface area contributed by atoms with E-state index in [9.17, 15) is 4.79 Å². The molecular formula is C20H23N3O2. The smallest absolute Gasteiger partial charge is 0.224 e. The fourth-order valence-corrected chi connectivity index (χ4v) is 2.98. The van der Waals surface area contributed by atoms with Crippen LogP contribution in [-0.2, 0) is 22.5 Å². The molecule has 0 radical (unpaired) electrons. The first-order valence-corrected chi connectivity index (χ1v) is 8.46. The van der Waals surface area contributed by atoms with E-state index >= 15 is 0 Å². The van der Waals surface area contributed by atoms with Gasteiger partial charge in [-0.3, -0.25) is 4.79 Å². The highest BCUT2D eigenvalue weighted by atomic mass is 16.5. The van der Waals surface area contributed by atoms with E-state index in [1.165, 1.54) is 0 Å². The number of carbonyl (C=O) groups is 1. The lowest BCUT2D eigenvalue weighted by molar-refractivity contribution is -0.121. The van der Waals surface area contributed by atoms with Crippen LogP contribution < -0.4 is 5.32 Å². The molecule has 1 N–H and O–H groups in total. The minimum absolute atomic E-state index is 0.0101. The first-order chi connectivity index (χ1) is 12.2. The quantitative estimate of drug-likeness (QED) is 0.721. The predicted octanol–water partition coefficient (Wildman–Crippen LogP) is 3.10. The zero-order valence-electron chi connectivity index (χ0n) is 14.6. The maximum Gasteiger partial charge on any atom is 0.224 e. The van der Waals surface area contributed by atoms with Gasteiger partial charge in [-0.2, -0.15) is 0 Å². The highest BCUT2D eigenvalue weighted by Crippen LogP contribution is 2.21. The van der Waals surface area contributed by atoms with Crippen LogP contribution >= 0.6 is 0 Å². The molecule has 1 aromatic heterocycles. The van der Waals surface area contributed by atoms with Gasteiger partial charge in [0.05, 0.1) is 30.1 Å². The molecule has 0 aliphatic heterocycles. The van der Waals surface area contributed by atoms with E-state index in [0.717, 1.165) is 22.4 Å². The number of methoxy groups -OCH3 is 1. The number of fused-ring (bicyclic) bond motifs is 1. The first-order valence-electron chi connectivity index (χ1n) is 8.46. The Morgan fingerprint density at radius 1 is 1.16 bits per heavy atom. The number of hydrogen-bond acceptors (Lipinski definition) is 3. The van der Waals surface area contributed by atoms with Gasteiger partial charge < -0.3 is 14.6 Å². The average Bonchev–Trinajstić information content (AvgIpc) is 2.99. The van der Waals surface area contributed by atoms with Crippen molar-refractivity contribution in [2.75, 3.05) is 13.7 Å². The number of aromatic nitrogens is 2. The summed E-state index contributed by atoms with van der Waals surface area (Å²) in [5.74, 6) is 0.837. The Morgan fingerprint density at radius 3 is 2.64 bits per heavy atom. The Morgan fingerprint density at radius 2 is 1.88 bits per heavy atom. The van der Waals surface area contributed by atoms with Crippen LogP contribution in [-0.4, -0.2) is 29.2 Å². The number of rotatable bonds is 7. The van der Waals surface area contributed by atoms with E-state index in [0.29, 0.717) is 19.6 Å². The minimum Gasteiger partial charge on any atom is -0.383 e. The second kappa shape index (κ2) is 7.94.